The molecule has 1 rings (SSSR count). The van der Waals surface area contributed by atoms with Gasteiger partial charge in [0.1, 0.15) is 0 Å². The zero-order chi connectivity index (χ0) is 5.98. The Balaban J connectivity index is 2.44. The van der Waals surface area contributed by atoms with Crippen LogP contribution in [-0.2, 0) is 9.53 Å². The number of carbonyl (C=O) groups is 1. The number of Topliss-reactive ketones (excluding diaryl/α,β-unsaturated/α-hetero) is 1. The molecule has 0 aromatic rings. The zero-order valence-electron chi connectivity index (χ0n) is 4.07. The Morgan fingerprint density at radius 3 is 3.00 bits per heavy atom. The minimum Gasteiger partial charge on any atom is -0.364 e. The molecule has 0 saturated carbocycles. The van der Waals surface area contributed by atoms with Crippen LogP contribution in [0.1, 0.15) is 0 Å². The average molecular weight is 112 g/mol. The summed E-state index contributed by atoms with van der Waals surface area (Å²) in [5, 5.41) is 0. The molecule has 0 aliphatic carbocycles. The van der Waals surface area contributed by atoms with Crippen molar-refractivity contribution in [3.63, 3.8) is 0 Å². The van der Waals surface area contributed by atoms with Gasteiger partial charge in [0, 0.05) is 0 Å². The van der Waals surface area contributed by atoms with Crippen molar-refractivity contribution in [3.05, 3.63) is 5.53 Å². The fourth-order valence-corrected chi connectivity index (χ4v) is 0.352. The summed E-state index contributed by atoms with van der Waals surface area (Å²) in [6.07, 6.45) is 0.517. The van der Waals surface area contributed by atoms with Crippen LogP contribution in [0, 0.1) is 0 Å². The van der Waals surface area contributed by atoms with Crippen LogP contribution >= 0.6 is 0 Å². The van der Waals surface area contributed by atoms with Gasteiger partial charge in [0.05, 0.1) is 6.61 Å². The van der Waals surface area contributed by atoms with Gasteiger partial charge in [0.25, 0.3) is 5.78 Å². The zero-order valence-corrected chi connectivity index (χ0v) is 4.07. The number of ether oxygens (including phenoxy) is 1. The van der Waals surface area contributed by atoms with E-state index in [2.05, 4.69) is 9.53 Å². The first kappa shape index (κ1) is 5.15. The van der Waals surface area contributed by atoms with Crippen LogP contribution in [0.5, 0.6) is 0 Å². The summed E-state index contributed by atoms with van der Waals surface area (Å²) in [4.78, 5) is 12.9. The van der Waals surface area contributed by atoms with Crippen molar-refractivity contribution < 1.29 is 14.3 Å². The van der Waals surface area contributed by atoms with Gasteiger partial charge in [-0.05, 0) is 0 Å². The third-order valence-electron chi connectivity index (χ3n) is 0.836. The highest BCUT2D eigenvalue weighted by Crippen LogP contribution is 2.07. The standard InChI is InChI=1S/C4H4N2O2/c5-6-1-3(7)4-2-8-4/h1,4H,2H2. The van der Waals surface area contributed by atoms with Crippen molar-refractivity contribution in [3.8, 4) is 0 Å². The molecule has 8 heavy (non-hydrogen) atoms. The van der Waals surface area contributed by atoms with Crippen molar-refractivity contribution >= 4 is 12.0 Å². The molecule has 1 atom stereocenters. The van der Waals surface area contributed by atoms with E-state index in [4.69, 9.17) is 5.53 Å². The maximum absolute atomic E-state index is 10.4. The van der Waals surface area contributed by atoms with Crippen molar-refractivity contribution in [1.82, 2.24) is 0 Å². The van der Waals surface area contributed by atoms with Crippen LogP contribution in [0.3, 0.4) is 0 Å². The van der Waals surface area contributed by atoms with Gasteiger partial charge in [0.15, 0.2) is 6.10 Å². The van der Waals surface area contributed by atoms with Gasteiger partial charge in [-0.15, -0.1) is 0 Å². The van der Waals surface area contributed by atoms with E-state index in [0.717, 1.165) is 6.21 Å². The lowest BCUT2D eigenvalue weighted by atomic mass is 10.3. The van der Waals surface area contributed by atoms with Crippen LogP contribution in [0.15, 0.2) is 0 Å². The summed E-state index contributed by atoms with van der Waals surface area (Å²) in [6.45, 7) is 0.463. The van der Waals surface area contributed by atoms with E-state index < -0.39 is 0 Å². The van der Waals surface area contributed by atoms with E-state index in [-0.39, 0.29) is 11.9 Å². The molecule has 0 radical (unpaired) electrons. The molecule has 1 aliphatic rings. The van der Waals surface area contributed by atoms with E-state index in [9.17, 15) is 4.79 Å². The van der Waals surface area contributed by atoms with Crippen LogP contribution < -0.4 is 0 Å². The van der Waals surface area contributed by atoms with Crippen LogP contribution in [-0.4, -0.2) is 29.5 Å². The molecule has 0 spiro atoms. The lowest BCUT2D eigenvalue weighted by Crippen LogP contribution is -2.07. The van der Waals surface area contributed by atoms with Gasteiger partial charge in [-0.1, -0.05) is 0 Å². The summed E-state index contributed by atoms with van der Waals surface area (Å²) in [6, 6.07) is 0. The normalized spacial score (nSPS) is 23.8. The maximum Gasteiger partial charge on any atom is 0.326 e. The molecule has 1 aliphatic heterocycles. The lowest BCUT2D eigenvalue weighted by Gasteiger charge is -1.69. The molecular formula is C4H4N2O2. The first-order valence-electron chi connectivity index (χ1n) is 2.17. The molecule has 1 heterocycles. The largest absolute Gasteiger partial charge is 0.364 e. The number of epoxide rings is 1. The summed E-state index contributed by atoms with van der Waals surface area (Å²) >= 11 is 0. The van der Waals surface area contributed by atoms with Crippen molar-refractivity contribution in [1.29, 1.82) is 0 Å². The third-order valence-corrected chi connectivity index (χ3v) is 0.836. The SMILES string of the molecule is [N-]=[N+]=CC(=O)C1CO1. The molecule has 0 aromatic carbocycles. The number of hydrogen-bond donors (Lipinski definition) is 0. The fraction of sp³-hybridized carbons (Fsp3) is 0.500. The average Bonchev–Trinajstić information content (AvgIpc) is 2.45. The smallest absolute Gasteiger partial charge is 0.326 e. The maximum atomic E-state index is 10.4. The number of ketones is 1. The topological polar surface area (TPSA) is 66.0 Å². The molecule has 4 nitrogen and oxygen atoms in total. The van der Waals surface area contributed by atoms with Gasteiger partial charge in [-0.25, -0.2) is 0 Å². The Morgan fingerprint density at radius 1 is 2.00 bits per heavy atom. The van der Waals surface area contributed by atoms with E-state index in [1.165, 1.54) is 0 Å². The summed E-state index contributed by atoms with van der Waals surface area (Å²) < 4.78 is 4.57. The second-order valence-electron chi connectivity index (χ2n) is 1.47. The molecule has 0 N–H and O–H groups in total. The molecule has 1 saturated heterocycles. The predicted octanol–water partition coefficient (Wildman–Crippen LogP) is -0.745. The van der Waals surface area contributed by atoms with E-state index in [0.29, 0.717) is 6.61 Å². The lowest BCUT2D eigenvalue weighted by molar-refractivity contribution is -0.117. The third kappa shape index (κ3) is 0.992. The Morgan fingerprint density at radius 2 is 2.62 bits per heavy atom. The molecule has 1 unspecified atom stereocenters. The van der Waals surface area contributed by atoms with E-state index in [1.54, 1.807) is 0 Å². The molecule has 42 valence electrons. The van der Waals surface area contributed by atoms with E-state index >= 15 is 0 Å². The number of carbonyl (C=O) groups excluding carboxylic acids is 1. The Bertz CT molecular complexity index is 155. The summed E-state index contributed by atoms with van der Waals surface area (Å²) in [7, 11) is 0. The van der Waals surface area contributed by atoms with Crippen LogP contribution in [0.2, 0.25) is 0 Å². The molecule has 0 bridgehead atoms. The van der Waals surface area contributed by atoms with Crippen LogP contribution in [0.25, 0.3) is 5.53 Å². The monoisotopic (exact) mass is 112 g/mol. The van der Waals surface area contributed by atoms with Gasteiger partial charge in [-0.3, -0.25) is 4.79 Å². The minimum absolute atomic E-state index is 0.271. The first-order chi connectivity index (χ1) is 3.84. The molecule has 0 aromatic heterocycles. The molecular weight excluding hydrogens is 108 g/mol. The first-order valence-corrected chi connectivity index (χ1v) is 2.17. The predicted molar refractivity (Wildman–Crippen MR) is 24.4 cm³/mol. The number of hydrogen-bond acceptors (Lipinski definition) is 2. The van der Waals surface area contributed by atoms with Gasteiger partial charge < -0.3 is 10.3 Å². The Kier molecular flexibility index (Phi) is 1.20. The minimum atomic E-state index is -0.328. The number of nitrogens with zero attached hydrogens (tertiary/aromatic N) is 2. The van der Waals surface area contributed by atoms with Crippen molar-refractivity contribution in [2.24, 2.45) is 0 Å². The molecule has 1 fully saturated rings. The second kappa shape index (κ2) is 1.86. The highest BCUT2D eigenvalue weighted by molar-refractivity contribution is 6.28. The second-order valence-corrected chi connectivity index (χ2v) is 1.47. The fourth-order valence-electron chi connectivity index (χ4n) is 0.352. The van der Waals surface area contributed by atoms with Gasteiger partial charge in [-0.2, -0.15) is 4.79 Å². The highest BCUT2D eigenvalue weighted by atomic mass is 16.6. The van der Waals surface area contributed by atoms with E-state index in [1.807, 2.05) is 0 Å². The Hall–Kier alpha value is -0.990. The number of rotatable bonds is 2. The molecule has 0 amide bonds. The molecule has 4 heteroatoms. The van der Waals surface area contributed by atoms with Crippen molar-refractivity contribution in [2.45, 2.75) is 6.10 Å². The van der Waals surface area contributed by atoms with Gasteiger partial charge >= 0.3 is 6.21 Å². The summed E-state index contributed by atoms with van der Waals surface area (Å²) in [5.41, 5.74) is 7.81. The van der Waals surface area contributed by atoms with Gasteiger partial charge in [0.2, 0.25) is 0 Å². The highest BCUT2D eigenvalue weighted by Gasteiger charge is 2.32. The Labute approximate surface area is 45.7 Å². The van der Waals surface area contributed by atoms with Crippen molar-refractivity contribution in [2.75, 3.05) is 6.61 Å². The quantitative estimate of drug-likeness (QED) is 0.204. The summed E-state index contributed by atoms with van der Waals surface area (Å²) in [5.74, 6) is -0.271. The van der Waals surface area contributed by atoms with Crippen LogP contribution in [0.4, 0.5) is 0 Å².